The first-order valence-corrected chi connectivity index (χ1v) is 9.69. The predicted molar refractivity (Wildman–Crippen MR) is 97.5 cm³/mol. The molecular formula is C18H15N2S2. The van der Waals surface area contributed by atoms with Crippen molar-refractivity contribution < 1.29 is 0 Å². The molecule has 1 aliphatic rings. The van der Waals surface area contributed by atoms with Crippen LogP contribution in [-0.4, -0.2) is 15.7 Å². The molecule has 0 saturated heterocycles. The number of aryl methyl sites for hydroxylation is 1. The van der Waals surface area contributed by atoms with Gasteiger partial charge in [-0.2, -0.15) is 0 Å². The summed E-state index contributed by atoms with van der Waals surface area (Å²) in [5, 5.41) is 4.66. The van der Waals surface area contributed by atoms with E-state index < -0.39 is 0 Å². The van der Waals surface area contributed by atoms with E-state index in [0.717, 1.165) is 16.6 Å². The molecule has 3 heterocycles. The number of hydrogen-bond donors (Lipinski definition) is 1. The standard InChI is InChI=1S/C18H15N2S2/c1-2-9-22(8-1)10-7-14-3-5-15(6-4-14)17-11-16-18(21-17)12-19-13-20-16/h1-6,8-9,11,13,22H,7,10H2. The van der Waals surface area contributed by atoms with E-state index >= 15 is 0 Å². The lowest BCUT2D eigenvalue weighted by molar-refractivity contribution is 1.16. The van der Waals surface area contributed by atoms with Crippen LogP contribution in [0.5, 0.6) is 0 Å². The van der Waals surface area contributed by atoms with Crippen molar-refractivity contribution in [3.05, 3.63) is 71.4 Å². The minimum atomic E-state index is -0.0125. The average Bonchev–Trinajstić information content (AvgIpc) is 3.22. The molecule has 0 fully saturated rings. The molecule has 0 spiro atoms. The van der Waals surface area contributed by atoms with Crippen molar-refractivity contribution in [2.75, 3.05) is 5.75 Å². The summed E-state index contributed by atoms with van der Waals surface area (Å²) in [6.45, 7) is 0. The second-order valence-corrected chi connectivity index (χ2v) is 8.30. The number of thiophene rings is 1. The Morgan fingerprint density at radius 3 is 2.68 bits per heavy atom. The maximum atomic E-state index is 4.28. The lowest BCUT2D eigenvalue weighted by atomic mass is 10.1. The Balaban J connectivity index is 1.51. The van der Waals surface area contributed by atoms with Crippen LogP contribution in [-0.2, 0) is 6.42 Å². The molecular weight excluding hydrogens is 308 g/mol. The third-order valence-electron chi connectivity index (χ3n) is 3.70. The smallest absolute Gasteiger partial charge is 0.116 e. The molecule has 0 atom stereocenters. The summed E-state index contributed by atoms with van der Waals surface area (Å²) in [6.07, 6.45) is 10.0. The normalized spacial score (nSPS) is 15.0. The Bertz CT molecular complexity index is 802. The highest BCUT2D eigenvalue weighted by atomic mass is 32.2. The van der Waals surface area contributed by atoms with Crippen molar-refractivity contribution in [1.82, 2.24) is 9.97 Å². The van der Waals surface area contributed by atoms with Crippen molar-refractivity contribution in [1.29, 1.82) is 0 Å². The number of hydrogen-bond acceptors (Lipinski definition) is 3. The zero-order chi connectivity index (χ0) is 14.8. The fraction of sp³-hybridized carbons (Fsp3) is 0.111. The van der Waals surface area contributed by atoms with E-state index in [-0.39, 0.29) is 10.9 Å². The van der Waals surface area contributed by atoms with Crippen LogP contribution in [0.15, 0.2) is 59.6 Å². The number of allylic oxidation sites excluding steroid dienone is 2. The zero-order valence-corrected chi connectivity index (χ0v) is 13.6. The highest BCUT2D eigenvalue weighted by Crippen LogP contribution is 2.34. The highest BCUT2D eigenvalue weighted by Gasteiger charge is 2.06. The number of nitrogens with zero attached hydrogens (tertiary/aromatic N) is 2. The van der Waals surface area contributed by atoms with Gasteiger partial charge in [0.25, 0.3) is 0 Å². The molecule has 0 unspecified atom stereocenters. The maximum Gasteiger partial charge on any atom is 0.116 e. The first-order valence-electron chi connectivity index (χ1n) is 7.21. The van der Waals surface area contributed by atoms with Crippen molar-refractivity contribution in [3.63, 3.8) is 0 Å². The maximum absolute atomic E-state index is 4.28. The summed E-state index contributed by atoms with van der Waals surface area (Å²) in [6, 6.07) is 11.0. The summed E-state index contributed by atoms with van der Waals surface area (Å²) in [5.74, 6) is 1.25. The Kier molecular flexibility index (Phi) is 3.79. The van der Waals surface area contributed by atoms with Crippen LogP contribution in [0.4, 0.5) is 0 Å². The molecule has 1 radical (unpaired) electrons. The van der Waals surface area contributed by atoms with Crippen molar-refractivity contribution in [2.24, 2.45) is 0 Å². The molecule has 22 heavy (non-hydrogen) atoms. The fourth-order valence-electron chi connectivity index (χ4n) is 2.49. The molecule has 2 nitrogen and oxygen atoms in total. The van der Waals surface area contributed by atoms with E-state index in [4.69, 9.17) is 0 Å². The van der Waals surface area contributed by atoms with Gasteiger partial charge < -0.3 is 0 Å². The van der Waals surface area contributed by atoms with Gasteiger partial charge in [0.2, 0.25) is 0 Å². The van der Waals surface area contributed by atoms with Crippen LogP contribution in [0.3, 0.4) is 0 Å². The molecule has 0 saturated carbocycles. The van der Waals surface area contributed by atoms with E-state index in [1.54, 1.807) is 17.7 Å². The second-order valence-electron chi connectivity index (χ2n) is 5.18. The average molecular weight is 323 g/mol. The number of benzene rings is 1. The molecule has 3 aromatic rings. The van der Waals surface area contributed by atoms with Crippen molar-refractivity contribution >= 4 is 32.4 Å². The van der Waals surface area contributed by atoms with Gasteiger partial charge in [0.15, 0.2) is 0 Å². The topological polar surface area (TPSA) is 25.8 Å². The molecule has 0 bridgehead atoms. The molecule has 0 N–H and O–H groups in total. The van der Waals surface area contributed by atoms with Crippen LogP contribution in [0.1, 0.15) is 5.56 Å². The van der Waals surface area contributed by atoms with Gasteiger partial charge in [-0.25, -0.2) is 20.9 Å². The van der Waals surface area contributed by atoms with Crippen LogP contribution >= 0.6 is 22.2 Å². The first kappa shape index (κ1) is 13.7. The quantitative estimate of drug-likeness (QED) is 0.702. The van der Waals surface area contributed by atoms with Gasteiger partial charge in [-0.15, -0.1) is 11.3 Å². The predicted octanol–water partition coefficient (Wildman–Crippen LogP) is 4.74. The van der Waals surface area contributed by atoms with Gasteiger partial charge in [-0.05, 0) is 40.2 Å². The number of rotatable bonds is 4. The highest BCUT2D eigenvalue weighted by molar-refractivity contribution is 8.22. The van der Waals surface area contributed by atoms with Gasteiger partial charge in [0, 0.05) is 4.88 Å². The minimum Gasteiger partial charge on any atom is -0.235 e. The third-order valence-corrected chi connectivity index (χ3v) is 6.62. The van der Waals surface area contributed by atoms with Gasteiger partial charge >= 0.3 is 0 Å². The van der Waals surface area contributed by atoms with E-state index in [1.165, 1.54) is 21.8 Å². The van der Waals surface area contributed by atoms with Gasteiger partial charge in [0.1, 0.15) is 12.5 Å². The minimum absolute atomic E-state index is 0.0125. The monoisotopic (exact) mass is 323 g/mol. The van der Waals surface area contributed by atoms with Crippen LogP contribution in [0, 0.1) is 6.20 Å². The van der Waals surface area contributed by atoms with E-state index in [0.29, 0.717) is 0 Å². The SMILES string of the molecule is [c]1ncnc2cc(-c3ccc(CC[SH]4C=CC=C4)cc3)sc12. The first-order chi connectivity index (χ1) is 10.9. The molecule has 1 aliphatic heterocycles. The van der Waals surface area contributed by atoms with Gasteiger partial charge in [-0.1, -0.05) is 36.4 Å². The summed E-state index contributed by atoms with van der Waals surface area (Å²) in [4.78, 5) is 9.46. The number of thiol groups is 1. The lowest BCUT2D eigenvalue weighted by Gasteiger charge is -2.09. The molecule has 0 amide bonds. The second kappa shape index (κ2) is 6.07. The Labute approximate surface area is 136 Å². The van der Waals surface area contributed by atoms with Crippen LogP contribution < -0.4 is 0 Å². The molecule has 2 aromatic heterocycles. The Hall–Kier alpha value is -1.91. The third kappa shape index (κ3) is 2.85. The van der Waals surface area contributed by atoms with E-state index in [1.807, 2.05) is 0 Å². The molecule has 109 valence electrons. The Morgan fingerprint density at radius 1 is 1.09 bits per heavy atom. The summed E-state index contributed by atoms with van der Waals surface area (Å²) in [5.41, 5.74) is 3.63. The van der Waals surface area contributed by atoms with Crippen LogP contribution in [0.25, 0.3) is 20.7 Å². The largest absolute Gasteiger partial charge is 0.235 e. The van der Waals surface area contributed by atoms with E-state index in [2.05, 4.69) is 69.5 Å². The molecule has 1 aromatic carbocycles. The molecule has 4 rings (SSSR count). The summed E-state index contributed by atoms with van der Waals surface area (Å²) < 4.78 is 1.02. The van der Waals surface area contributed by atoms with Crippen molar-refractivity contribution in [3.8, 4) is 10.4 Å². The summed E-state index contributed by atoms with van der Waals surface area (Å²) in [7, 11) is -0.0125. The van der Waals surface area contributed by atoms with Gasteiger partial charge in [-0.3, -0.25) is 0 Å². The van der Waals surface area contributed by atoms with E-state index in [9.17, 15) is 0 Å². The van der Waals surface area contributed by atoms with Crippen molar-refractivity contribution in [2.45, 2.75) is 6.42 Å². The molecule has 4 heteroatoms. The fourth-order valence-corrected chi connectivity index (χ4v) is 5.01. The lowest BCUT2D eigenvalue weighted by Crippen LogP contribution is -1.90. The Morgan fingerprint density at radius 2 is 1.91 bits per heavy atom. The number of fused-ring (bicyclic) bond motifs is 1. The summed E-state index contributed by atoms with van der Waals surface area (Å²) >= 11 is 1.69. The van der Waals surface area contributed by atoms with Gasteiger partial charge in [0.05, 0.1) is 10.2 Å². The zero-order valence-electron chi connectivity index (χ0n) is 11.9. The van der Waals surface area contributed by atoms with Crippen LogP contribution in [0.2, 0.25) is 0 Å². The molecule has 0 aliphatic carbocycles. The number of aromatic nitrogens is 2.